The van der Waals surface area contributed by atoms with Crippen LogP contribution < -0.4 is 10.6 Å². The van der Waals surface area contributed by atoms with Gasteiger partial charge in [0, 0.05) is 23.5 Å². The molecule has 0 saturated carbocycles. The smallest absolute Gasteiger partial charge is 0.360 e. The number of para-hydroxylation sites is 1. The van der Waals surface area contributed by atoms with Gasteiger partial charge in [0.25, 0.3) is 0 Å². The second kappa shape index (κ2) is 13.1. The Morgan fingerprint density at radius 2 is 1.75 bits per heavy atom. The van der Waals surface area contributed by atoms with E-state index in [0.29, 0.717) is 18.6 Å². The van der Waals surface area contributed by atoms with Crippen LogP contribution in [0.2, 0.25) is 0 Å². The fourth-order valence-electron chi connectivity index (χ4n) is 4.68. The molecule has 2 atom stereocenters. The number of carbonyl (C=O) groups excluding carboxylic acids is 3. The molecule has 3 N–H and O–H groups in total. The van der Waals surface area contributed by atoms with Gasteiger partial charge in [0.2, 0.25) is 17.7 Å². The molecule has 40 heavy (non-hydrogen) atoms. The lowest BCUT2D eigenvalue weighted by Crippen LogP contribution is -2.49. The molecule has 1 unspecified atom stereocenters. The first-order chi connectivity index (χ1) is 19.2. The van der Waals surface area contributed by atoms with Gasteiger partial charge in [0.15, 0.2) is 5.69 Å². The molecule has 0 aliphatic heterocycles. The molecule has 9 heteroatoms. The van der Waals surface area contributed by atoms with E-state index in [0.717, 1.165) is 22.0 Å². The Morgan fingerprint density at radius 3 is 2.48 bits per heavy atom. The number of benzene rings is 2. The average Bonchev–Trinajstić information content (AvgIpc) is 3.51. The number of aromatic amines is 1. The summed E-state index contributed by atoms with van der Waals surface area (Å²) >= 11 is 0. The normalized spacial score (nSPS) is 12.7. The summed E-state index contributed by atoms with van der Waals surface area (Å²) in [5.74, 6) is -0.526. The maximum absolute atomic E-state index is 13.7. The number of H-pyrrole nitrogens is 1. The van der Waals surface area contributed by atoms with Crippen molar-refractivity contribution >= 4 is 28.7 Å². The molecule has 0 radical (unpaired) electrons. The summed E-state index contributed by atoms with van der Waals surface area (Å²) in [4.78, 5) is 46.7. The fraction of sp³-hybridized carbons (Fsp3) is 0.355. The number of hydrogen-bond acceptors (Lipinski definition) is 6. The molecule has 0 fully saturated rings. The molecule has 0 aliphatic rings. The second-order valence-corrected chi connectivity index (χ2v) is 10.2. The molecule has 0 saturated heterocycles. The summed E-state index contributed by atoms with van der Waals surface area (Å²) in [5, 5.41) is 6.96. The Bertz CT molecular complexity index is 1460. The van der Waals surface area contributed by atoms with Gasteiger partial charge in [-0.3, -0.25) is 9.59 Å². The van der Waals surface area contributed by atoms with Crippen molar-refractivity contribution in [3.63, 3.8) is 0 Å². The highest BCUT2D eigenvalue weighted by Gasteiger charge is 2.30. The summed E-state index contributed by atoms with van der Waals surface area (Å²) in [5.41, 5.74) is 2.85. The van der Waals surface area contributed by atoms with E-state index in [4.69, 9.17) is 9.15 Å². The van der Waals surface area contributed by atoms with Crippen LogP contribution in [0.3, 0.4) is 0 Å². The first-order valence-electron chi connectivity index (χ1n) is 13.6. The van der Waals surface area contributed by atoms with Gasteiger partial charge in [-0.05, 0) is 43.4 Å². The van der Waals surface area contributed by atoms with Crippen LogP contribution in [0.4, 0.5) is 0 Å². The predicted octanol–water partition coefficient (Wildman–Crippen LogP) is 4.81. The molecule has 0 spiro atoms. The van der Waals surface area contributed by atoms with Gasteiger partial charge >= 0.3 is 5.97 Å². The van der Waals surface area contributed by atoms with E-state index in [-0.39, 0.29) is 42.3 Å². The highest BCUT2D eigenvalue weighted by atomic mass is 16.5. The van der Waals surface area contributed by atoms with E-state index >= 15 is 0 Å². The fourth-order valence-corrected chi connectivity index (χ4v) is 4.68. The van der Waals surface area contributed by atoms with Crippen LogP contribution >= 0.6 is 0 Å². The number of aromatic nitrogens is 2. The SMILES string of the molecule is CCOC(=O)c1nc([C@@H](Cc2c[nH]c3ccccc23)NC(=O)C(CC(C)C)NC(=O)Cc2ccccc2)oc1C. The molecular formula is C31H36N4O5. The van der Waals surface area contributed by atoms with Crippen LogP contribution in [0.5, 0.6) is 0 Å². The lowest BCUT2D eigenvalue weighted by Gasteiger charge is -2.23. The Kier molecular flexibility index (Phi) is 9.37. The summed E-state index contributed by atoms with van der Waals surface area (Å²) < 4.78 is 11.0. The number of hydrogen-bond donors (Lipinski definition) is 3. The molecule has 210 valence electrons. The summed E-state index contributed by atoms with van der Waals surface area (Å²) in [6.07, 6.45) is 2.86. The number of amides is 2. The zero-order chi connectivity index (χ0) is 28.6. The first-order valence-corrected chi connectivity index (χ1v) is 13.6. The number of fused-ring (bicyclic) bond motifs is 1. The zero-order valence-corrected chi connectivity index (χ0v) is 23.3. The van der Waals surface area contributed by atoms with Crippen molar-refractivity contribution < 1.29 is 23.5 Å². The van der Waals surface area contributed by atoms with E-state index in [9.17, 15) is 14.4 Å². The summed E-state index contributed by atoms with van der Waals surface area (Å²) in [7, 11) is 0. The predicted molar refractivity (Wildman–Crippen MR) is 152 cm³/mol. The number of ether oxygens (including phenoxy) is 1. The monoisotopic (exact) mass is 544 g/mol. The van der Waals surface area contributed by atoms with Gasteiger partial charge in [-0.15, -0.1) is 0 Å². The average molecular weight is 545 g/mol. The largest absolute Gasteiger partial charge is 0.461 e. The Morgan fingerprint density at radius 1 is 1.02 bits per heavy atom. The summed E-state index contributed by atoms with van der Waals surface area (Å²) in [6.45, 7) is 7.55. The van der Waals surface area contributed by atoms with Crippen molar-refractivity contribution in [2.75, 3.05) is 6.61 Å². The Hall–Kier alpha value is -4.40. The third-order valence-electron chi connectivity index (χ3n) is 6.56. The van der Waals surface area contributed by atoms with Gasteiger partial charge in [-0.1, -0.05) is 62.4 Å². The molecule has 2 aromatic heterocycles. The van der Waals surface area contributed by atoms with Crippen LogP contribution in [0, 0.1) is 12.8 Å². The minimum atomic E-state index is -0.762. The molecule has 4 rings (SSSR count). The number of esters is 1. The zero-order valence-electron chi connectivity index (χ0n) is 23.3. The lowest BCUT2D eigenvalue weighted by molar-refractivity contribution is -0.129. The number of aryl methyl sites for hydroxylation is 1. The van der Waals surface area contributed by atoms with Gasteiger partial charge < -0.3 is 24.8 Å². The third-order valence-corrected chi connectivity index (χ3v) is 6.56. The van der Waals surface area contributed by atoms with Crippen molar-refractivity contribution in [2.24, 2.45) is 5.92 Å². The van der Waals surface area contributed by atoms with Crippen molar-refractivity contribution in [1.29, 1.82) is 0 Å². The molecule has 0 bridgehead atoms. The van der Waals surface area contributed by atoms with Gasteiger partial charge in [-0.2, -0.15) is 0 Å². The number of nitrogens with one attached hydrogen (secondary N) is 3. The Balaban J connectivity index is 1.60. The molecule has 9 nitrogen and oxygen atoms in total. The Labute approximate surface area is 233 Å². The van der Waals surface area contributed by atoms with Crippen molar-refractivity contribution in [2.45, 2.75) is 59.0 Å². The standard InChI is InChI=1S/C31H36N4O5/c1-5-39-31(38)28-20(4)40-30(35-28)26(17-22-18-32-24-14-10-9-13-23(22)24)34-29(37)25(15-19(2)3)33-27(36)16-21-11-7-6-8-12-21/h6-14,18-19,25-26,32H,5,15-17H2,1-4H3,(H,33,36)(H,34,37)/t25?,26-/m1/s1. The van der Waals surface area contributed by atoms with Gasteiger partial charge in [0.1, 0.15) is 17.8 Å². The van der Waals surface area contributed by atoms with Crippen LogP contribution in [0.15, 0.2) is 65.2 Å². The maximum atomic E-state index is 13.7. The van der Waals surface area contributed by atoms with E-state index < -0.39 is 18.1 Å². The topological polar surface area (TPSA) is 126 Å². The molecule has 4 aromatic rings. The highest BCUT2D eigenvalue weighted by Crippen LogP contribution is 2.26. The van der Waals surface area contributed by atoms with Crippen LogP contribution in [-0.2, 0) is 27.2 Å². The lowest BCUT2D eigenvalue weighted by atomic mass is 10.0. The molecule has 2 amide bonds. The van der Waals surface area contributed by atoms with E-state index in [1.807, 2.05) is 74.6 Å². The highest BCUT2D eigenvalue weighted by molar-refractivity contribution is 5.89. The van der Waals surface area contributed by atoms with E-state index in [1.165, 1.54) is 0 Å². The first kappa shape index (κ1) is 28.6. The summed E-state index contributed by atoms with van der Waals surface area (Å²) in [6, 6.07) is 15.8. The van der Waals surface area contributed by atoms with Gasteiger partial charge in [-0.25, -0.2) is 9.78 Å². The number of oxazole rings is 1. The molecule has 2 heterocycles. The quantitative estimate of drug-likeness (QED) is 0.220. The maximum Gasteiger partial charge on any atom is 0.360 e. The van der Waals surface area contributed by atoms with E-state index in [2.05, 4.69) is 20.6 Å². The minimum absolute atomic E-state index is 0.0740. The van der Waals surface area contributed by atoms with E-state index in [1.54, 1.807) is 13.8 Å². The molecule has 2 aromatic carbocycles. The third kappa shape index (κ3) is 7.16. The molecule has 0 aliphatic carbocycles. The van der Waals surface area contributed by atoms with Crippen molar-refractivity contribution in [3.05, 3.63) is 89.3 Å². The van der Waals surface area contributed by atoms with Crippen LogP contribution in [0.25, 0.3) is 10.9 Å². The minimum Gasteiger partial charge on any atom is -0.461 e. The number of carbonyl (C=O) groups is 3. The van der Waals surface area contributed by atoms with Crippen LogP contribution in [0.1, 0.15) is 66.5 Å². The van der Waals surface area contributed by atoms with Crippen LogP contribution in [-0.4, -0.2) is 40.4 Å². The number of nitrogens with zero attached hydrogens (tertiary/aromatic N) is 1. The van der Waals surface area contributed by atoms with Gasteiger partial charge in [0.05, 0.1) is 13.0 Å². The van der Waals surface area contributed by atoms with Crippen molar-refractivity contribution in [3.8, 4) is 0 Å². The molecular weight excluding hydrogens is 508 g/mol. The van der Waals surface area contributed by atoms with Crippen molar-refractivity contribution in [1.82, 2.24) is 20.6 Å². The second-order valence-electron chi connectivity index (χ2n) is 10.2. The number of rotatable bonds is 12.